The number of methoxy groups -OCH3 is 1. The number of hydrogen-bond acceptors (Lipinski definition) is 4. The molecule has 2 aromatic rings. The first-order valence-electron chi connectivity index (χ1n) is 7.24. The molecule has 0 saturated heterocycles. The Morgan fingerprint density at radius 2 is 1.90 bits per heavy atom. The highest BCUT2D eigenvalue weighted by molar-refractivity contribution is 5.39. The van der Waals surface area contributed by atoms with Crippen molar-refractivity contribution in [1.82, 2.24) is 10.3 Å². The van der Waals surface area contributed by atoms with Gasteiger partial charge in [-0.3, -0.25) is 4.98 Å². The van der Waals surface area contributed by atoms with E-state index in [-0.39, 0.29) is 0 Å². The molecule has 0 unspecified atom stereocenters. The maximum atomic E-state index is 5.75. The van der Waals surface area contributed by atoms with Crippen LogP contribution in [0.2, 0.25) is 0 Å². The third-order valence-corrected chi connectivity index (χ3v) is 3.09. The van der Waals surface area contributed by atoms with E-state index in [9.17, 15) is 0 Å². The van der Waals surface area contributed by atoms with E-state index in [4.69, 9.17) is 9.47 Å². The zero-order valence-electron chi connectivity index (χ0n) is 12.6. The molecule has 4 heteroatoms. The van der Waals surface area contributed by atoms with Gasteiger partial charge in [0.15, 0.2) is 11.5 Å². The first kappa shape index (κ1) is 15.3. The van der Waals surface area contributed by atoms with Gasteiger partial charge in [-0.2, -0.15) is 0 Å². The van der Waals surface area contributed by atoms with Gasteiger partial charge < -0.3 is 14.8 Å². The minimum atomic E-state index is 0.434. The topological polar surface area (TPSA) is 43.4 Å². The Kier molecular flexibility index (Phi) is 6.03. The molecule has 0 aliphatic rings. The lowest BCUT2D eigenvalue weighted by Gasteiger charge is -2.10. The molecule has 0 aliphatic heterocycles. The number of hydrogen-bond donors (Lipinski definition) is 1. The molecular weight excluding hydrogens is 264 g/mol. The summed E-state index contributed by atoms with van der Waals surface area (Å²) in [5.74, 6) is 1.47. The number of aromatic nitrogens is 1. The van der Waals surface area contributed by atoms with Crippen LogP contribution in [0.25, 0.3) is 0 Å². The fraction of sp³-hybridized carbons (Fsp3) is 0.353. The Labute approximate surface area is 126 Å². The van der Waals surface area contributed by atoms with Crippen LogP contribution in [0.4, 0.5) is 0 Å². The lowest BCUT2D eigenvalue weighted by molar-refractivity contribution is 0.280. The Morgan fingerprint density at radius 3 is 2.57 bits per heavy atom. The van der Waals surface area contributed by atoms with E-state index < -0.39 is 0 Å². The minimum Gasteiger partial charge on any atom is -0.493 e. The summed E-state index contributed by atoms with van der Waals surface area (Å²) in [5, 5.41) is 3.36. The van der Waals surface area contributed by atoms with Gasteiger partial charge in [0.1, 0.15) is 6.61 Å². The molecule has 0 saturated carbocycles. The van der Waals surface area contributed by atoms with Gasteiger partial charge in [0.05, 0.1) is 12.8 Å². The normalized spacial score (nSPS) is 10.4. The monoisotopic (exact) mass is 286 g/mol. The smallest absolute Gasteiger partial charge is 0.161 e. The van der Waals surface area contributed by atoms with E-state index in [2.05, 4.69) is 23.3 Å². The third kappa shape index (κ3) is 4.76. The number of nitrogens with one attached hydrogen (secondary N) is 1. The molecule has 0 atom stereocenters. The zero-order chi connectivity index (χ0) is 14.9. The average Bonchev–Trinajstić information content (AvgIpc) is 2.54. The lowest BCUT2D eigenvalue weighted by Crippen LogP contribution is -2.14. The molecule has 112 valence electrons. The van der Waals surface area contributed by atoms with Gasteiger partial charge in [0.25, 0.3) is 0 Å². The quantitative estimate of drug-likeness (QED) is 0.757. The Hall–Kier alpha value is -2.07. The molecule has 1 heterocycles. The van der Waals surface area contributed by atoms with Gasteiger partial charge in [-0.05, 0) is 36.7 Å². The number of rotatable bonds is 8. The van der Waals surface area contributed by atoms with E-state index in [0.29, 0.717) is 6.61 Å². The van der Waals surface area contributed by atoms with Gasteiger partial charge >= 0.3 is 0 Å². The molecule has 1 aromatic heterocycles. The van der Waals surface area contributed by atoms with Crippen molar-refractivity contribution in [3.63, 3.8) is 0 Å². The van der Waals surface area contributed by atoms with Crippen molar-refractivity contribution < 1.29 is 9.47 Å². The Bertz CT molecular complexity index is 541. The van der Waals surface area contributed by atoms with Gasteiger partial charge in [0.2, 0.25) is 0 Å². The maximum absolute atomic E-state index is 5.75. The number of pyridine rings is 1. The summed E-state index contributed by atoms with van der Waals surface area (Å²) < 4.78 is 11.0. The molecule has 4 nitrogen and oxygen atoms in total. The standard InChI is InChI=1S/C17H22N2O2/c1-3-10-18-11-14-8-9-15(19-12-14)13-21-17-7-5-4-6-16(17)20-2/h4-9,12,18H,3,10-11,13H2,1-2H3. The SMILES string of the molecule is CCCNCc1ccc(COc2ccccc2OC)nc1. The Morgan fingerprint density at radius 1 is 1.10 bits per heavy atom. The van der Waals surface area contributed by atoms with Crippen LogP contribution < -0.4 is 14.8 Å². The molecule has 0 amide bonds. The van der Waals surface area contributed by atoms with E-state index in [1.807, 2.05) is 36.5 Å². The highest BCUT2D eigenvalue weighted by Gasteiger charge is 2.03. The highest BCUT2D eigenvalue weighted by atomic mass is 16.5. The highest BCUT2D eigenvalue weighted by Crippen LogP contribution is 2.26. The number of para-hydroxylation sites is 2. The number of nitrogens with zero attached hydrogens (tertiary/aromatic N) is 1. The van der Waals surface area contributed by atoms with E-state index in [0.717, 1.165) is 36.7 Å². The largest absolute Gasteiger partial charge is 0.493 e. The molecule has 2 rings (SSSR count). The predicted octanol–water partition coefficient (Wildman–Crippen LogP) is 3.17. The third-order valence-electron chi connectivity index (χ3n) is 3.09. The molecule has 1 N–H and O–H groups in total. The van der Waals surface area contributed by atoms with Crippen LogP contribution >= 0.6 is 0 Å². The summed E-state index contributed by atoms with van der Waals surface area (Å²) in [6.07, 6.45) is 3.03. The summed E-state index contributed by atoms with van der Waals surface area (Å²) in [6.45, 7) is 4.47. The molecule has 0 spiro atoms. The van der Waals surface area contributed by atoms with E-state index >= 15 is 0 Å². The molecule has 0 radical (unpaired) electrons. The summed E-state index contributed by atoms with van der Waals surface area (Å²) in [4.78, 5) is 4.42. The second-order valence-corrected chi connectivity index (χ2v) is 4.77. The molecule has 0 fully saturated rings. The summed E-state index contributed by atoms with van der Waals surface area (Å²) >= 11 is 0. The molecule has 21 heavy (non-hydrogen) atoms. The maximum Gasteiger partial charge on any atom is 0.161 e. The van der Waals surface area contributed by atoms with Crippen LogP contribution in [0.3, 0.4) is 0 Å². The summed E-state index contributed by atoms with van der Waals surface area (Å²) in [5.41, 5.74) is 2.09. The van der Waals surface area contributed by atoms with Crippen LogP contribution in [0.1, 0.15) is 24.6 Å². The van der Waals surface area contributed by atoms with E-state index in [1.165, 1.54) is 5.56 Å². The molecule has 0 aliphatic carbocycles. The van der Waals surface area contributed by atoms with Crippen LogP contribution in [0.5, 0.6) is 11.5 Å². The molecule has 1 aromatic carbocycles. The van der Waals surface area contributed by atoms with Crippen LogP contribution in [0.15, 0.2) is 42.6 Å². The van der Waals surface area contributed by atoms with Crippen molar-refractivity contribution in [2.75, 3.05) is 13.7 Å². The van der Waals surface area contributed by atoms with Crippen molar-refractivity contribution in [2.24, 2.45) is 0 Å². The van der Waals surface area contributed by atoms with E-state index in [1.54, 1.807) is 7.11 Å². The Balaban J connectivity index is 1.88. The molecule has 0 bridgehead atoms. The number of ether oxygens (including phenoxy) is 2. The first-order chi connectivity index (χ1) is 10.3. The lowest BCUT2D eigenvalue weighted by atomic mass is 10.2. The van der Waals surface area contributed by atoms with Crippen molar-refractivity contribution >= 4 is 0 Å². The summed E-state index contributed by atoms with van der Waals surface area (Å²) in [6, 6.07) is 11.7. The van der Waals surface area contributed by atoms with Crippen molar-refractivity contribution in [3.05, 3.63) is 53.9 Å². The van der Waals surface area contributed by atoms with Crippen LogP contribution in [-0.2, 0) is 13.2 Å². The predicted molar refractivity (Wildman–Crippen MR) is 83.6 cm³/mol. The van der Waals surface area contributed by atoms with Gasteiger partial charge in [-0.15, -0.1) is 0 Å². The van der Waals surface area contributed by atoms with Gasteiger partial charge in [-0.1, -0.05) is 25.1 Å². The fourth-order valence-corrected chi connectivity index (χ4v) is 1.94. The van der Waals surface area contributed by atoms with Crippen molar-refractivity contribution in [1.29, 1.82) is 0 Å². The summed E-state index contributed by atoms with van der Waals surface area (Å²) in [7, 11) is 1.64. The minimum absolute atomic E-state index is 0.434. The second-order valence-electron chi connectivity index (χ2n) is 4.77. The van der Waals surface area contributed by atoms with Gasteiger partial charge in [0, 0.05) is 12.7 Å². The van der Waals surface area contributed by atoms with Crippen molar-refractivity contribution in [2.45, 2.75) is 26.5 Å². The second kappa shape index (κ2) is 8.27. The number of benzene rings is 1. The molecular formula is C17H22N2O2. The average molecular weight is 286 g/mol. The van der Waals surface area contributed by atoms with Crippen LogP contribution in [-0.4, -0.2) is 18.6 Å². The first-order valence-corrected chi connectivity index (χ1v) is 7.24. The zero-order valence-corrected chi connectivity index (χ0v) is 12.6. The van der Waals surface area contributed by atoms with Gasteiger partial charge in [-0.25, -0.2) is 0 Å². The van der Waals surface area contributed by atoms with Crippen LogP contribution in [0, 0.1) is 0 Å². The fourth-order valence-electron chi connectivity index (χ4n) is 1.94. The van der Waals surface area contributed by atoms with Crippen molar-refractivity contribution in [3.8, 4) is 11.5 Å².